The molecule has 1 rings (SSSR count). The highest BCUT2D eigenvalue weighted by molar-refractivity contribution is 7.15. The molecule has 2 nitrogen and oxygen atoms in total. The number of aliphatic hydroxyl groups is 1. The summed E-state index contributed by atoms with van der Waals surface area (Å²) >= 11 is 7.06. The summed E-state index contributed by atoms with van der Waals surface area (Å²) in [6.07, 6.45) is 1.71. The first-order chi connectivity index (χ1) is 5.06. The van der Waals surface area contributed by atoms with E-state index in [0.717, 1.165) is 4.88 Å². The number of nitrogens with zero attached hydrogens (tertiary/aromatic N) is 1. The molecule has 62 valence electrons. The molecule has 0 saturated carbocycles. The van der Waals surface area contributed by atoms with Crippen LogP contribution in [0.2, 0.25) is 4.47 Å². The molecule has 0 radical (unpaired) electrons. The summed E-state index contributed by atoms with van der Waals surface area (Å²) in [5, 5.41) is 8.99. The fourth-order valence-corrected chi connectivity index (χ4v) is 1.67. The van der Waals surface area contributed by atoms with Crippen LogP contribution >= 0.6 is 22.9 Å². The lowest BCUT2D eigenvalue weighted by Crippen LogP contribution is -2.20. The van der Waals surface area contributed by atoms with Crippen LogP contribution in [0.5, 0.6) is 0 Å². The number of halogens is 1. The van der Waals surface area contributed by atoms with E-state index in [2.05, 4.69) is 4.98 Å². The molecule has 0 aliphatic carbocycles. The molecular formula is C7H10ClNOS. The molecule has 0 bridgehead atoms. The zero-order valence-corrected chi connectivity index (χ0v) is 8.04. The number of hydrogen-bond donors (Lipinski definition) is 1. The highest BCUT2D eigenvalue weighted by Crippen LogP contribution is 2.29. The number of aromatic nitrogens is 1. The molecule has 0 amide bonds. The lowest BCUT2D eigenvalue weighted by atomic mass is 9.94. The van der Waals surface area contributed by atoms with E-state index in [1.807, 2.05) is 13.8 Å². The Morgan fingerprint density at radius 1 is 1.73 bits per heavy atom. The van der Waals surface area contributed by atoms with Crippen molar-refractivity contribution in [3.8, 4) is 0 Å². The number of aliphatic hydroxyl groups excluding tert-OH is 1. The molecule has 4 heteroatoms. The highest BCUT2D eigenvalue weighted by Gasteiger charge is 2.21. The summed E-state index contributed by atoms with van der Waals surface area (Å²) in [4.78, 5) is 4.92. The molecule has 1 aromatic rings. The maximum atomic E-state index is 8.99. The van der Waals surface area contributed by atoms with E-state index >= 15 is 0 Å². The second kappa shape index (κ2) is 3.09. The zero-order chi connectivity index (χ0) is 8.48. The van der Waals surface area contributed by atoms with Crippen LogP contribution in [0.4, 0.5) is 0 Å². The molecule has 1 heterocycles. The van der Waals surface area contributed by atoms with Gasteiger partial charge in [0.15, 0.2) is 4.47 Å². The largest absolute Gasteiger partial charge is 0.395 e. The van der Waals surface area contributed by atoms with Crippen molar-refractivity contribution in [3.63, 3.8) is 0 Å². The van der Waals surface area contributed by atoms with Gasteiger partial charge >= 0.3 is 0 Å². The Hall–Kier alpha value is -0.120. The summed E-state index contributed by atoms with van der Waals surface area (Å²) in [7, 11) is 0. The van der Waals surface area contributed by atoms with Gasteiger partial charge in [-0.3, -0.25) is 0 Å². The molecule has 0 spiro atoms. The van der Waals surface area contributed by atoms with Crippen molar-refractivity contribution < 1.29 is 5.11 Å². The summed E-state index contributed by atoms with van der Waals surface area (Å²) in [6, 6.07) is 0. The quantitative estimate of drug-likeness (QED) is 0.777. The topological polar surface area (TPSA) is 33.1 Å². The normalized spacial score (nSPS) is 12.0. The van der Waals surface area contributed by atoms with Crippen LogP contribution in [0, 0.1) is 0 Å². The predicted octanol–water partition coefficient (Wildman–Crippen LogP) is 2.07. The summed E-state index contributed by atoms with van der Waals surface area (Å²) in [5.41, 5.74) is -0.217. The predicted molar refractivity (Wildman–Crippen MR) is 47.2 cm³/mol. The van der Waals surface area contributed by atoms with Gasteiger partial charge in [-0.1, -0.05) is 25.4 Å². The molecule has 0 aliphatic rings. The third kappa shape index (κ3) is 1.92. The van der Waals surface area contributed by atoms with Crippen molar-refractivity contribution in [1.29, 1.82) is 0 Å². The SMILES string of the molecule is CC(C)(CO)c1cnc(Cl)s1. The second-order valence-corrected chi connectivity index (χ2v) is 4.63. The molecule has 0 unspecified atom stereocenters. The third-order valence-corrected chi connectivity index (χ3v) is 3.02. The van der Waals surface area contributed by atoms with Gasteiger partial charge in [-0.2, -0.15) is 0 Å². The van der Waals surface area contributed by atoms with Crippen LogP contribution in [0.25, 0.3) is 0 Å². The molecule has 1 aromatic heterocycles. The molecule has 0 saturated heterocycles. The van der Waals surface area contributed by atoms with E-state index in [1.165, 1.54) is 11.3 Å². The fraction of sp³-hybridized carbons (Fsp3) is 0.571. The molecular weight excluding hydrogens is 182 g/mol. The van der Waals surface area contributed by atoms with Gasteiger partial charge in [0.05, 0.1) is 6.61 Å². The van der Waals surface area contributed by atoms with Crippen molar-refractivity contribution in [3.05, 3.63) is 15.5 Å². The maximum absolute atomic E-state index is 8.99. The first-order valence-electron chi connectivity index (χ1n) is 3.29. The minimum absolute atomic E-state index is 0.117. The van der Waals surface area contributed by atoms with E-state index < -0.39 is 0 Å². The van der Waals surface area contributed by atoms with Crippen LogP contribution in [0.1, 0.15) is 18.7 Å². The molecule has 0 atom stereocenters. The van der Waals surface area contributed by atoms with Gasteiger partial charge in [0.2, 0.25) is 0 Å². The first-order valence-corrected chi connectivity index (χ1v) is 4.48. The first kappa shape index (κ1) is 8.97. The standard InChI is InChI=1S/C7H10ClNOS/c1-7(2,4-10)5-3-9-6(8)11-5/h3,10H,4H2,1-2H3. The molecule has 0 aliphatic heterocycles. The molecule has 0 fully saturated rings. The van der Waals surface area contributed by atoms with Crippen LogP contribution in [0.15, 0.2) is 6.20 Å². The second-order valence-electron chi connectivity index (χ2n) is 3.02. The van der Waals surface area contributed by atoms with Gasteiger partial charge in [0, 0.05) is 16.5 Å². The lowest BCUT2D eigenvalue weighted by Gasteiger charge is -2.18. The number of rotatable bonds is 2. The van der Waals surface area contributed by atoms with Crippen molar-refractivity contribution in [2.45, 2.75) is 19.3 Å². The summed E-state index contributed by atoms with van der Waals surface area (Å²) < 4.78 is 0.529. The highest BCUT2D eigenvalue weighted by atomic mass is 35.5. The van der Waals surface area contributed by atoms with Gasteiger partial charge in [-0.05, 0) is 0 Å². The fourth-order valence-electron chi connectivity index (χ4n) is 0.644. The minimum Gasteiger partial charge on any atom is -0.395 e. The van der Waals surface area contributed by atoms with Gasteiger partial charge in [0.1, 0.15) is 0 Å². The zero-order valence-electron chi connectivity index (χ0n) is 6.47. The Bertz CT molecular complexity index is 246. The van der Waals surface area contributed by atoms with Gasteiger partial charge < -0.3 is 5.11 Å². The average molecular weight is 192 g/mol. The Morgan fingerprint density at radius 2 is 2.36 bits per heavy atom. The monoisotopic (exact) mass is 191 g/mol. The number of thiazole rings is 1. The summed E-state index contributed by atoms with van der Waals surface area (Å²) in [6.45, 7) is 4.03. The summed E-state index contributed by atoms with van der Waals surface area (Å²) in [5.74, 6) is 0. The van der Waals surface area contributed by atoms with E-state index in [-0.39, 0.29) is 12.0 Å². The Labute approximate surface area is 74.8 Å². The van der Waals surface area contributed by atoms with Gasteiger partial charge in [0.25, 0.3) is 0 Å². The van der Waals surface area contributed by atoms with E-state index in [9.17, 15) is 0 Å². The van der Waals surface area contributed by atoms with Crippen molar-refractivity contribution in [2.24, 2.45) is 0 Å². The van der Waals surface area contributed by atoms with Crippen LogP contribution in [-0.2, 0) is 5.41 Å². The Morgan fingerprint density at radius 3 is 2.73 bits per heavy atom. The average Bonchev–Trinajstić information content (AvgIpc) is 2.36. The molecule has 0 aromatic carbocycles. The van der Waals surface area contributed by atoms with Crippen molar-refractivity contribution >= 4 is 22.9 Å². The third-order valence-electron chi connectivity index (χ3n) is 1.54. The molecule has 11 heavy (non-hydrogen) atoms. The van der Waals surface area contributed by atoms with E-state index in [4.69, 9.17) is 16.7 Å². The maximum Gasteiger partial charge on any atom is 0.183 e. The smallest absolute Gasteiger partial charge is 0.183 e. The van der Waals surface area contributed by atoms with Crippen LogP contribution in [0.3, 0.4) is 0 Å². The van der Waals surface area contributed by atoms with Gasteiger partial charge in [-0.25, -0.2) is 4.98 Å². The minimum atomic E-state index is -0.217. The molecule has 1 N–H and O–H groups in total. The Kier molecular flexibility index (Phi) is 2.52. The van der Waals surface area contributed by atoms with Gasteiger partial charge in [-0.15, -0.1) is 11.3 Å². The van der Waals surface area contributed by atoms with Crippen LogP contribution < -0.4 is 0 Å². The Balaban J connectivity index is 2.92. The number of hydrogen-bond acceptors (Lipinski definition) is 3. The van der Waals surface area contributed by atoms with Crippen molar-refractivity contribution in [1.82, 2.24) is 4.98 Å². The lowest BCUT2D eigenvalue weighted by molar-refractivity contribution is 0.221. The van der Waals surface area contributed by atoms with E-state index in [1.54, 1.807) is 6.20 Å². The van der Waals surface area contributed by atoms with Crippen LogP contribution in [-0.4, -0.2) is 16.7 Å². The van der Waals surface area contributed by atoms with E-state index in [0.29, 0.717) is 4.47 Å². The van der Waals surface area contributed by atoms with Crippen molar-refractivity contribution in [2.75, 3.05) is 6.61 Å².